The first-order chi connectivity index (χ1) is 23.0. The van der Waals surface area contributed by atoms with Crippen LogP contribution in [0.25, 0.3) is 28.0 Å². The van der Waals surface area contributed by atoms with Crippen molar-refractivity contribution < 1.29 is 8.78 Å². The number of benzene rings is 2. The van der Waals surface area contributed by atoms with Crippen LogP contribution in [0, 0.1) is 17.6 Å². The average molecular weight is 676 g/mol. The zero-order valence-corrected chi connectivity index (χ0v) is 27.7. The van der Waals surface area contributed by atoms with E-state index in [1.165, 1.54) is 22.9 Å². The summed E-state index contributed by atoms with van der Waals surface area (Å²) in [4.78, 5) is 28.6. The summed E-state index contributed by atoms with van der Waals surface area (Å²) < 4.78 is 30.2. The Morgan fingerprint density at radius 1 is 1.06 bits per heavy atom. The normalized spacial score (nSPS) is 12.0. The van der Waals surface area contributed by atoms with E-state index >= 15 is 4.39 Å². The number of nitrogens with zero attached hydrogens (tertiary/aromatic N) is 4. The Labute approximate surface area is 282 Å². The second kappa shape index (κ2) is 15.9. The molecule has 10 nitrogen and oxygen atoms in total. The van der Waals surface area contributed by atoms with Gasteiger partial charge in [0, 0.05) is 55.1 Å². The third kappa shape index (κ3) is 9.17. The Morgan fingerprint density at radius 2 is 1.85 bits per heavy atom. The van der Waals surface area contributed by atoms with Crippen LogP contribution in [-0.2, 0) is 13.0 Å². The van der Waals surface area contributed by atoms with Gasteiger partial charge in [0.2, 0.25) is 0 Å². The van der Waals surface area contributed by atoms with E-state index in [2.05, 4.69) is 44.4 Å². The van der Waals surface area contributed by atoms with Crippen molar-refractivity contribution in [1.29, 1.82) is 0 Å². The zero-order chi connectivity index (χ0) is 34.2. The SMILES string of the molecule is CC(C)CCCc1cc(Cl)c(F)c(-c2cc3cn(-c4ccc(CN[C@H](CCN=C(N)N)CNc5cc(F)ccn5)cc4)c(=O)nc3[nH]2)c1. The highest BCUT2D eigenvalue weighted by Gasteiger charge is 2.16. The van der Waals surface area contributed by atoms with Crippen LogP contribution >= 0.6 is 11.6 Å². The molecule has 0 aliphatic carbocycles. The van der Waals surface area contributed by atoms with Gasteiger partial charge in [-0.05, 0) is 72.7 Å². The molecule has 1 atom stereocenters. The van der Waals surface area contributed by atoms with Crippen molar-refractivity contribution in [3.05, 3.63) is 105 Å². The predicted octanol–water partition coefficient (Wildman–Crippen LogP) is 5.92. The molecule has 0 bridgehead atoms. The number of aromatic nitrogens is 4. The number of pyridine rings is 1. The number of guanidine groups is 1. The molecule has 3 aromatic heterocycles. The molecule has 3 heterocycles. The van der Waals surface area contributed by atoms with Crippen LogP contribution in [0.4, 0.5) is 14.6 Å². The first-order valence-corrected chi connectivity index (χ1v) is 16.3. The van der Waals surface area contributed by atoms with Crippen molar-refractivity contribution in [2.75, 3.05) is 18.4 Å². The molecule has 0 saturated heterocycles. The number of hydrogen-bond donors (Lipinski definition) is 5. The maximum atomic E-state index is 15.2. The maximum Gasteiger partial charge on any atom is 0.354 e. The fourth-order valence-electron chi connectivity index (χ4n) is 5.42. The molecular weight excluding hydrogens is 636 g/mol. The lowest BCUT2D eigenvalue weighted by Gasteiger charge is -2.19. The van der Waals surface area contributed by atoms with Gasteiger partial charge in [0.15, 0.2) is 11.8 Å². The molecule has 2 aromatic carbocycles. The lowest BCUT2D eigenvalue weighted by atomic mass is 10.00. The number of aliphatic imine (C=N–C) groups is 1. The van der Waals surface area contributed by atoms with Crippen molar-refractivity contribution in [1.82, 2.24) is 24.8 Å². The highest BCUT2D eigenvalue weighted by Crippen LogP contribution is 2.31. The number of H-pyrrole nitrogens is 1. The van der Waals surface area contributed by atoms with Gasteiger partial charge in [-0.3, -0.25) is 9.56 Å². The number of fused-ring (bicyclic) bond motifs is 1. The summed E-state index contributed by atoms with van der Waals surface area (Å²) in [6.07, 6.45) is 6.55. The van der Waals surface area contributed by atoms with Crippen LogP contribution in [0.15, 0.2) is 76.8 Å². The predicted molar refractivity (Wildman–Crippen MR) is 188 cm³/mol. The molecule has 0 fully saturated rings. The molecular formula is C35H40ClF2N9O. The van der Waals surface area contributed by atoms with Gasteiger partial charge < -0.3 is 27.1 Å². The lowest BCUT2D eigenvalue weighted by Crippen LogP contribution is -2.36. The molecule has 0 spiro atoms. The van der Waals surface area contributed by atoms with Crippen molar-refractivity contribution >= 4 is 34.4 Å². The highest BCUT2D eigenvalue weighted by molar-refractivity contribution is 6.31. The maximum absolute atomic E-state index is 15.2. The molecule has 0 saturated carbocycles. The van der Waals surface area contributed by atoms with Gasteiger partial charge in [-0.1, -0.05) is 44.0 Å². The third-order valence-electron chi connectivity index (χ3n) is 7.97. The summed E-state index contributed by atoms with van der Waals surface area (Å²) in [5.74, 6) is 0.134. The van der Waals surface area contributed by atoms with E-state index < -0.39 is 11.5 Å². The minimum absolute atomic E-state index is 0.0150. The number of aryl methyl sites for hydroxylation is 1. The summed E-state index contributed by atoms with van der Waals surface area (Å²) in [6.45, 7) is 5.75. The minimum atomic E-state index is -0.518. The van der Waals surface area contributed by atoms with Crippen molar-refractivity contribution in [3.63, 3.8) is 0 Å². The van der Waals surface area contributed by atoms with Gasteiger partial charge in [-0.25, -0.2) is 18.6 Å². The van der Waals surface area contributed by atoms with E-state index in [-0.39, 0.29) is 22.8 Å². The van der Waals surface area contributed by atoms with Gasteiger partial charge in [0.1, 0.15) is 17.3 Å². The Balaban J connectivity index is 1.29. The van der Waals surface area contributed by atoms with Crippen LogP contribution < -0.4 is 27.8 Å². The van der Waals surface area contributed by atoms with Gasteiger partial charge in [-0.15, -0.1) is 0 Å². The lowest BCUT2D eigenvalue weighted by molar-refractivity contribution is 0.502. The van der Waals surface area contributed by atoms with E-state index in [9.17, 15) is 9.18 Å². The van der Waals surface area contributed by atoms with E-state index in [0.29, 0.717) is 65.8 Å². The Morgan fingerprint density at radius 3 is 2.58 bits per heavy atom. The molecule has 48 heavy (non-hydrogen) atoms. The number of anilines is 1. The van der Waals surface area contributed by atoms with Crippen molar-refractivity contribution in [2.24, 2.45) is 22.4 Å². The molecule has 0 radical (unpaired) electrons. The quantitative estimate of drug-likeness (QED) is 0.0682. The Bertz CT molecular complexity index is 1940. The van der Waals surface area contributed by atoms with Crippen LogP contribution in [0.5, 0.6) is 0 Å². The van der Waals surface area contributed by atoms with Crippen LogP contribution in [0.1, 0.15) is 44.2 Å². The number of aromatic amines is 1. The summed E-state index contributed by atoms with van der Waals surface area (Å²) in [7, 11) is 0. The Kier molecular flexibility index (Phi) is 11.4. The topological polar surface area (TPSA) is 152 Å². The van der Waals surface area contributed by atoms with Gasteiger partial charge in [0.05, 0.1) is 16.4 Å². The molecule has 5 rings (SSSR count). The average Bonchev–Trinajstić information content (AvgIpc) is 3.46. The van der Waals surface area contributed by atoms with Gasteiger partial charge >= 0.3 is 5.69 Å². The van der Waals surface area contributed by atoms with Gasteiger partial charge in [0.25, 0.3) is 0 Å². The first kappa shape index (κ1) is 34.5. The number of nitrogens with two attached hydrogens (primary N) is 2. The van der Waals surface area contributed by atoms with Crippen LogP contribution in [-0.4, -0.2) is 44.6 Å². The molecule has 0 amide bonds. The number of rotatable bonds is 15. The summed E-state index contributed by atoms with van der Waals surface area (Å²) >= 11 is 6.28. The largest absolute Gasteiger partial charge is 0.370 e. The smallest absolute Gasteiger partial charge is 0.354 e. The minimum Gasteiger partial charge on any atom is -0.370 e. The van der Waals surface area contributed by atoms with E-state index in [1.807, 2.05) is 30.3 Å². The second-order valence-electron chi connectivity index (χ2n) is 12.2. The standard InChI is InChI=1S/C35H40ClF2N9O/c1-21(2)4-3-5-23-14-28(32(38)29(36)15-23)30-16-24-20-47(35(48)46-33(24)45-30)27-8-6-22(7-9-27)18-43-26(11-13-42-34(39)40)19-44-31-17-25(37)10-12-41-31/h6-10,12,14-17,20-21,26,43H,3-5,11,13,18-19H2,1-2H3,(H,41,44)(H4,39,40,42)(H,45,46,48)/t26-/m1/s1. The van der Waals surface area contributed by atoms with Crippen LogP contribution in [0.2, 0.25) is 5.02 Å². The van der Waals surface area contributed by atoms with E-state index in [0.717, 1.165) is 30.4 Å². The number of halogens is 3. The highest BCUT2D eigenvalue weighted by atomic mass is 35.5. The summed E-state index contributed by atoms with van der Waals surface area (Å²) in [5.41, 5.74) is 14.3. The summed E-state index contributed by atoms with van der Waals surface area (Å²) in [5, 5.41) is 7.34. The fourth-order valence-corrected chi connectivity index (χ4v) is 5.66. The van der Waals surface area contributed by atoms with Gasteiger partial charge in [-0.2, -0.15) is 4.98 Å². The van der Waals surface area contributed by atoms with Crippen molar-refractivity contribution in [2.45, 2.75) is 52.1 Å². The molecule has 5 aromatic rings. The number of nitrogens with one attached hydrogen (secondary N) is 3. The molecule has 0 aliphatic heterocycles. The molecule has 0 aliphatic rings. The molecule has 13 heteroatoms. The fraction of sp³-hybridized carbons (Fsp3) is 0.314. The third-order valence-corrected chi connectivity index (χ3v) is 8.24. The second-order valence-corrected chi connectivity index (χ2v) is 12.6. The van der Waals surface area contributed by atoms with Crippen molar-refractivity contribution in [3.8, 4) is 16.9 Å². The molecule has 0 unspecified atom stereocenters. The van der Waals surface area contributed by atoms with E-state index in [1.54, 1.807) is 18.3 Å². The first-order valence-electron chi connectivity index (χ1n) is 15.9. The Hall–Kier alpha value is -4.81. The monoisotopic (exact) mass is 675 g/mol. The molecule has 252 valence electrons. The van der Waals surface area contributed by atoms with Crippen LogP contribution in [0.3, 0.4) is 0 Å². The van der Waals surface area contributed by atoms with E-state index in [4.69, 9.17) is 23.1 Å². The summed E-state index contributed by atoms with van der Waals surface area (Å²) in [6, 6.07) is 15.3. The zero-order valence-electron chi connectivity index (χ0n) is 26.9. The molecule has 7 N–H and O–H groups in total. The number of hydrogen-bond acceptors (Lipinski definition) is 6.